The lowest BCUT2D eigenvalue weighted by Crippen LogP contribution is -2.12. The van der Waals surface area contributed by atoms with Crippen molar-refractivity contribution < 1.29 is 4.79 Å². The number of allylic oxidation sites excluding steroid dienone is 4. The van der Waals surface area contributed by atoms with Gasteiger partial charge in [-0.15, -0.1) is 0 Å². The van der Waals surface area contributed by atoms with E-state index in [0.717, 1.165) is 68.0 Å². The highest BCUT2D eigenvalue weighted by Crippen LogP contribution is 2.31. The van der Waals surface area contributed by atoms with Gasteiger partial charge in [0.05, 0.1) is 0 Å². The number of nitrogens with one attached hydrogen (secondary N) is 1. The van der Waals surface area contributed by atoms with E-state index in [9.17, 15) is 4.79 Å². The molecule has 5 nitrogen and oxygen atoms in total. The summed E-state index contributed by atoms with van der Waals surface area (Å²) in [5.41, 5.74) is 18.1. The van der Waals surface area contributed by atoms with E-state index in [-0.39, 0.29) is 5.91 Å². The fourth-order valence-corrected chi connectivity index (χ4v) is 4.95. The molecule has 308 valence electrons. The Bertz CT molecular complexity index is 1280. The average Bonchev–Trinajstić information content (AvgIpc) is 3.75. The Morgan fingerprint density at radius 3 is 1.59 bits per heavy atom. The van der Waals surface area contributed by atoms with Gasteiger partial charge in [-0.3, -0.25) is 9.79 Å². The highest BCUT2D eigenvalue weighted by atomic mass is 16.1. The molecule has 0 saturated heterocycles. The van der Waals surface area contributed by atoms with Crippen LogP contribution in [0.4, 0.5) is 0 Å². The van der Waals surface area contributed by atoms with Crippen molar-refractivity contribution >= 4 is 23.4 Å². The third-order valence-electron chi connectivity index (χ3n) is 7.56. The van der Waals surface area contributed by atoms with Crippen LogP contribution in [-0.4, -0.2) is 24.4 Å². The van der Waals surface area contributed by atoms with E-state index in [4.69, 9.17) is 16.9 Å². The Morgan fingerprint density at radius 2 is 1.22 bits per heavy atom. The third-order valence-corrected chi connectivity index (χ3v) is 7.56. The summed E-state index contributed by atoms with van der Waals surface area (Å²) in [5, 5.41) is 7.09. The third kappa shape index (κ3) is 37.0. The lowest BCUT2D eigenvalue weighted by atomic mass is 9.98. The maximum absolute atomic E-state index is 10.0. The van der Waals surface area contributed by atoms with E-state index in [1.165, 1.54) is 35.2 Å². The smallest absolute Gasteiger partial charge is 0.217 e. The lowest BCUT2D eigenvalue weighted by molar-refractivity contribution is -0.118. The Balaban J connectivity index is -0.000000586. The molecule has 2 aromatic rings. The normalized spacial score (nSPS) is 12.0. The van der Waals surface area contributed by atoms with Gasteiger partial charge in [0.15, 0.2) is 0 Å². The summed E-state index contributed by atoms with van der Waals surface area (Å²) in [6.07, 6.45) is 14.9. The summed E-state index contributed by atoms with van der Waals surface area (Å²) in [6.45, 7) is 32.6. The van der Waals surface area contributed by atoms with Crippen LogP contribution >= 0.6 is 0 Å². The van der Waals surface area contributed by atoms with Gasteiger partial charge >= 0.3 is 0 Å². The van der Waals surface area contributed by atoms with Crippen molar-refractivity contribution in [3.8, 4) is 0 Å². The van der Waals surface area contributed by atoms with E-state index in [2.05, 4.69) is 141 Å². The molecule has 1 amide bonds. The monoisotopic (exact) mass is 747 g/mol. The molecular weight excluding hydrogens is 661 g/mol. The molecule has 0 unspecified atom stereocenters. The number of benzene rings is 2. The molecule has 1 aliphatic carbocycles. The van der Waals surface area contributed by atoms with Gasteiger partial charge in [-0.1, -0.05) is 164 Å². The fourth-order valence-electron chi connectivity index (χ4n) is 4.95. The fraction of sp³-hybridized carbons (Fsp3) is 0.612. The topological polar surface area (TPSA) is 105 Å². The number of primary amides is 1. The Labute approximate surface area is 335 Å². The molecule has 2 aliphatic rings. The zero-order valence-corrected chi connectivity index (χ0v) is 37.8. The highest BCUT2D eigenvalue weighted by molar-refractivity contribution is 5.78. The Morgan fingerprint density at radius 1 is 0.704 bits per heavy atom. The molecule has 0 saturated carbocycles. The average molecular weight is 747 g/mol. The summed E-state index contributed by atoms with van der Waals surface area (Å²) in [7, 11) is 0. The first-order chi connectivity index (χ1) is 25.4. The van der Waals surface area contributed by atoms with Crippen LogP contribution in [0, 0.1) is 40.9 Å². The van der Waals surface area contributed by atoms with Crippen molar-refractivity contribution in [3.63, 3.8) is 0 Å². The van der Waals surface area contributed by atoms with E-state index < -0.39 is 0 Å². The van der Waals surface area contributed by atoms with Gasteiger partial charge in [0.25, 0.3) is 0 Å². The van der Waals surface area contributed by atoms with Gasteiger partial charge in [0, 0.05) is 30.5 Å². The van der Waals surface area contributed by atoms with Gasteiger partial charge in [-0.2, -0.15) is 0 Å². The van der Waals surface area contributed by atoms with E-state index in [1.54, 1.807) is 5.57 Å². The van der Waals surface area contributed by atoms with Crippen molar-refractivity contribution in [1.29, 1.82) is 5.41 Å². The van der Waals surface area contributed by atoms with Gasteiger partial charge < -0.3 is 16.9 Å². The summed E-state index contributed by atoms with van der Waals surface area (Å²) in [5.74, 6) is 3.86. The molecule has 1 heterocycles. The number of amides is 1. The van der Waals surface area contributed by atoms with Crippen molar-refractivity contribution in [2.24, 2.45) is 52.0 Å². The van der Waals surface area contributed by atoms with Crippen molar-refractivity contribution in [3.05, 3.63) is 89.1 Å². The second-order valence-electron chi connectivity index (χ2n) is 16.5. The Kier molecular flexibility index (Phi) is 36.1. The number of aliphatic imine (C=N–C) groups is 1. The van der Waals surface area contributed by atoms with E-state index in [0.29, 0.717) is 18.3 Å². The molecule has 0 radical (unpaired) electrons. The second kappa shape index (κ2) is 35.4. The maximum Gasteiger partial charge on any atom is 0.217 e. The molecule has 1 aliphatic heterocycles. The number of hydrogen-bond donors (Lipinski definition) is 3. The van der Waals surface area contributed by atoms with Crippen LogP contribution in [0.1, 0.15) is 159 Å². The van der Waals surface area contributed by atoms with Crippen molar-refractivity contribution in [2.75, 3.05) is 6.54 Å². The molecule has 0 bridgehead atoms. The SMILES string of the molecule is CC.CC(=N)CCC(C)C.CC(C)CC(N)=O.CC(C)CC1=CCC=N1.CC(C)CC1=CCc2ccccc21.CC(C)CN.CC(C)Cc1ccccc1. The second-order valence-corrected chi connectivity index (χ2v) is 16.5. The summed E-state index contributed by atoms with van der Waals surface area (Å²) < 4.78 is 0. The van der Waals surface area contributed by atoms with Gasteiger partial charge in [-0.05, 0) is 110 Å². The van der Waals surface area contributed by atoms with Crippen LogP contribution in [-0.2, 0) is 17.6 Å². The first kappa shape index (κ1) is 55.0. The molecule has 0 fully saturated rings. The standard InChI is InChI=1S/C13H16.C10H14.C8H13N.C7H15N.C5H11NO.C4H11N.C2H6/c1-10(2)9-12-8-7-11-5-3-4-6-13(11)12;1-9(2)8-10-6-4-3-5-7-10;1-7(2)6-8-4-3-5-9-8;1-6(2)4-5-7(3)8;1-4(2)3-5(6)7;1-4(2)3-5;1-2/h3-6,8,10H,7,9H2,1-2H3;3-7,9H,8H2,1-2H3;4-5,7H,3,6H2,1-2H3;6,8H,4-5H2,1-3H3;4H,3H2,1-2H3,(H2,6,7);4H,3,5H2,1-2H3;1-2H3. The summed E-state index contributed by atoms with van der Waals surface area (Å²) in [6, 6.07) is 19.4. The van der Waals surface area contributed by atoms with Crippen LogP contribution in [0.5, 0.6) is 0 Å². The van der Waals surface area contributed by atoms with Crippen LogP contribution in [0.3, 0.4) is 0 Å². The van der Waals surface area contributed by atoms with Crippen LogP contribution in [0.15, 0.2) is 77.4 Å². The first-order valence-electron chi connectivity index (χ1n) is 20.9. The minimum absolute atomic E-state index is 0.213. The quantitative estimate of drug-likeness (QED) is 0.188. The molecule has 4 rings (SSSR count). The predicted molar refractivity (Wildman–Crippen MR) is 245 cm³/mol. The number of carbonyl (C=O) groups is 1. The first-order valence-corrected chi connectivity index (χ1v) is 20.9. The van der Waals surface area contributed by atoms with Crippen molar-refractivity contribution in [1.82, 2.24) is 0 Å². The zero-order valence-electron chi connectivity index (χ0n) is 37.8. The minimum atomic E-state index is -0.213. The number of carbonyl (C=O) groups excluding carboxylic acids is 1. The highest BCUT2D eigenvalue weighted by Gasteiger charge is 2.13. The molecule has 0 atom stereocenters. The molecule has 0 spiro atoms. The number of nitrogens with two attached hydrogens (primary N) is 2. The van der Waals surface area contributed by atoms with E-state index >= 15 is 0 Å². The lowest BCUT2D eigenvalue weighted by Gasteiger charge is -2.07. The zero-order chi connectivity index (χ0) is 42.1. The maximum atomic E-state index is 10.0. The summed E-state index contributed by atoms with van der Waals surface area (Å²) >= 11 is 0. The number of hydrogen-bond acceptors (Lipinski definition) is 4. The predicted octanol–water partition coefficient (Wildman–Crippen LogP) is 13.6. The number of rotatable bonds is 12. The molecule has 5 N–H and O–H groups in total. The van der Waals surface area contributed by atoms with E-state index in [1.807, 2.05) is 40.8 Å². The largest absolute Gasteiger partial charge is 0.370 e. The molecule has 5 heteroatoms. The minimum Gasteiger partial charge on any atom is -0.370 e. The molecule has 2 aromatic carbocycles. The number of nitrogens with zero attached hydrogens (tertiary/aromatic N) is 1. The van der Waals surface area contributed by atoms with Gasteiger partial charge in [0.1, 0.15) is 0 Å². The molecule has 0 aromatic heterocycles. The summed E-state index contributed by atoms with van der Waals surface area (Å²) in [4.78, 5) is 14.2. The van der Waals surface area contributed by atoms with Crippen LogP contribution < -0.4 is 11.5 Å². The molecular formula is C49H86N4O. The van der Waals surface area contributed by atoms with Gasteiger partial charge in [-0.25, -0.2) is 0 Å². The number of fused-ring (bicyclic) bond motifs is 1. The molecule has 54 heavy (non-hydrogen) atoms. The Hall–Kier alpha value is -3.31. The van der Waals surface area contributed by atoms with Crippen LogP contribution in [0.25, 0.3) is 5.57 Å². The van der Waals surface area contributed by atoms with Gasteiger partial charge in [0.2, 0.25) is 5.91 Å². The van der Waals surface area contributed by atoms with Crippen molar-refractivity contribution in [2.45, 2.75) is 155 Å². The van der Waals surface area contributed by atoms with Crippen LogP contribution in [0.2, 0.25) is 0 Å².